The first-order valence-corrected chi connectivity index (χ1v) is 6.72. The minimum absolute atomic E-state index is 0.0453. The Balaban J connectivity index is 1.64. The molecule has 3 rings (SSSR count). The van der Waals surface area contributed by atoms with Gasteiger partial charge in [-0.25, -0.2) is 0 Å². The van der Waals surface area contributed by atoms with Crippen LogP contribution in [0.5, 0.6) is 0 Å². The van der Waals surface area contributed by atoms with Crippen molar-refractivity contribution in [2.45, 2.75) is 38.3 Å². The smallest absolute Gasteiger partial charge is 0.270 e. The number of carbonyl (C=O) groups is 1. The van der Waals surface area contributed by atoms with Crippen molar-refractivity contribution in [2.75, 3.05) is 0 Å². The molecule has 0 saturated heterocycles. The summed E-state index contributed by atoms with van der Waals surface area (Å²) in [7, 11) is 0. The summed E-state index contributed by atoms with van der Waals surface area (Å²) >= 11 is 0. The maximum Gasteiger partial charge on any atom is 0.270 e. The molecular weight excluding hydrogens is 226 g/mol. The molecule has 0 aromatic carbocycles. The molecule has 0 spiro atoms. The molecule has 2 fully saturated rings. The molecule has 2 aliphatic carbocycles. The van der Waals surface area contributed by atoms with Gasteiger partial charge in [0.15, 0.2) is 0 Å². The molecule has 3 atom stereocenters. The lowest BCUT2D eigenvalue weighted by Crippen LogP contribution is -2.38. The zero-order valence-corrected chi connectivity index (χ0v) is 10.4. The van der Waals surface area contributed by atoms with E-state index < -0.39 is 0 Å². The average Bonchev–Trinajstić information content (AvgIpc) is 3.01. The van der Waals surface area contributed by atoms with E-state index in [0.717, 1.165) is 17.9 Å². The number of fused-ring (bicyclic) bond motifs is 2. The predicted molar refractivity (Wildman–Crippen MR) is 68.8 cm³/mol. The Morgan fingerprint density at radius 3 is 2.83 bits per heavy atom. The molecule has 1 amide bonds. The van der Waals surface area contributed by atoms with Crippen LogP contribution in [0.4, 0.5) is 0 Å². The normalized spacial score (nSPS) is 29.5. The van der Waals surface area contributed by atoms with E-state index >= 15 is 0 Å². The largest absolute Gasteiger partial charge is 0.348 e. The number of amides is 1. The molecule has 0 aliphatic heterocycles. The summed E-state index contributed by atoms with van der Waals surface area (Å²) in [5, 5.41) is 3.13. The third-order valence-electron chi connectivity index (χ3n) is 4.35. The van der Waals surface area contributed by atoms with E-state index in [4.69, 9.17) is 5.73 Å². The van der Waals surface area contributed by atoms with E-state index in [-0.39, 0.29) is 5.91 Å². The standard InChI is InChI=1S/C14H19N3O/c15-7-10-2-4-12(16-8-10)14(18)17-13-6-9-1-3-11(13)5-9/h2,4,8-9,11,13H,1,3,5-7,15H2,(H,17,18). The Hall–Kier alpha value is -1.42. The van der Waals surface area contributed by atoms with Gasteiger partial charge in [0.1, 0.15) is 5.69 Å². The number of aromatic nitrogens is 1. The van der Waals surface area contributed by atoms with E-state index in [1.165, 1.54) is 19.3 Å². The molecule has 2 bridgehead atoms. The van der Waals surface area contributed by atoms with Crippen LogP contribution in [0, 0.1) is 11.8 Å². The second kappa shape index (κ2) is 4.69. The van der Waals surface area contributed by atoms with Crippen molar-refractivity contribution >= 4 is 5.91 Å². The van der Waals surface area contributed by atoms with Gasteiger partial charge >= 0.3 is 0 Å². The molecule has 96 valence electrons. The zero-order chi connectivity index (χ0) is 12.5. The maximum absolute atomic E-state index is 12.1. The summed E-state index contributed by atoms with van der Waals surface area (Å²) < 4.78 is 0. The lowest BCUT2D eigenvalue weighted by Gasteiger charge is -2.22. The maximum atomic E-state index is 12.1. The number of nitrogens with two attached hydrogens (primary N) is 1. The van der Waals surface area contributed by atoms with Gasteiger partial charge in [0.05, 0.1) is 0 Å². The Labute approximate surface area is 107 Å². The van der Waals surface area contributed by atoms with Gasteiger partial charge in [-0.2, -0.15) is 0 Å². The van der Waals surface area contributed by atoms with Gasteiger partial charge in [0, 0.05) is 18.8 Å². The first kappa shape index (κ1) is 11.7. The lowest BCUT2D eigenvalue weighted by molar-refractivity contribution is 0.0918. The van der Waals surface area contributed by atoms with E-state index in [0.29, 0.717) is 24.2 Å². The second-order valence-electron chi connectivity index (χ2n) is 5.51. The van der Waals surface area contributed by atoms with Gasteiger partial charge < -0.3 is 11.1 Å². The fraction of sp³-hybridized carbons (Fsp3) is 0.571. The van der Waals surface area contributed by atoms with E-state index in [1.807, 2.05) is 6.07 Å². The van der Waals surface area contributed by atoms with Crippen LogP contribution in [0.3, 0.4) is 0 Å². The van der Waals surface area contributed by atoms with Gasteiger partial charge in [-0.3, -0.25) is 9.78 Å². The summed E-state index contributed by atoms with van der Waals surface area (Å²) in [5.41, 5.74) is 6.95. The molecule has 1 aromatic heterocycles. The van der Waals surface area contributed by atoms with Crippen LogP contribution >= 0.6 is 0 Å². The van der Waals surface area contributed by atoms with Crippen molar-refractivity contribution in [3.05, 3.63) is 29.6 Å². The molecule has 2 saturated carbocycles. The van der Waals surface area contributed by atoms with Gasteiger partial charge in [0.25, 0.3) is 5.91 Å². The van der Waals surface area contributed by atoms with Gasteiger partial charge in [-0.05, 0) is 42.7 Å². The van der Waals surface area contributed by atoms with Crippen LogP contribution < -0.4 is 11.1 Å². The number of carbonyl (C=O) groups excluding carboxylic acids is 1. The average molecular weight is 245 g/mol. The van der Waals surface area contributed by atoms with Crippen molar-refractivity contribution in [3.8, 4) is 0 Å². The summed E-state index contributed by atoms with van der Waals surface area (Å²) in [6, 6.07) is 3.99. The van der Waals surface area contributed by atoms with E-state index in [2.05, 4.69) is 10.3 Å². The van der Waals surface area contributed by atoms with E-state index in [1.54, 1.807) is 12.3 Å². The highest BCUT2D eigenvalue weighted by molar-refractivity contribution is 5.92. The van der Waals surface area contributed by atoms with Crippen molar-refractivity contribution in [2.24, 2.45) is 17.6 Å². The van der Waals surface area contributed by atoms with Gasteiger partial charge in [-0.15, -0.1) is 0 Å². The molecule has 2 aliphatic rings. The highest BCUT2D eigenvalue weighted by Gasteiger charge is 2.40. The fourth-order valence-electron chi connectivity index (χ4n) is 3.34. The number of nitrogens with one attached hydrogen (secondary N) is 1. The molecule has 1 aromatic rings. The van der Waals surface area contributed by atoms with E-state index in [9.17, 15) is 4.79 Å². The molecular formula is C14H19N3O. The van der Waals surface area contributed by atoms with Crippen LogP contribution in [0.2, 0.25) is 0 Å². The van der Waals surface area contributed by atoms with Crippen LogP contribution in [0.15, 0.2) is 18.3 Å². The van der Waals surface area contributed by atoms with Gasteiger partial charge in [0.2, 0.25) is 0 Å². The summed E-state index contributed by atoms with van der Waals surface area (Å²) in [4.78, 5) is 16.2. The van der Waals surface area contributed by atoms with Crippen molar-refractivity contribution in [1.82, 2.24) is 10.3 Å². The monoisotopic (exact) mass is 245 g/mol. The molecule has 18 heavy (non-hydrogen) atoms. The van der Waals surface area contributed by atoms with Crippen molar-refractivity contribution in [3.63, 3.8) is 0 Å². The number of rotatable bonds is 3. The van der Waals surface area contributed by atoms with Crippen molar-refractivity contribution in [1.29, 1.82) is 0 Å². The highest BCUT2D eigenvalue weighted by Crippen LogP contribution is 2.44. The molecule has 3 N–H and O–H groups in total. The number of hydrogen-bond acceptors (Lipinski definition) is 3. The van der Waals surface area contributed by atoms with Gasteiger partial charge in [-0.1, -0.05) is 12.5 Å². The van der Waals surface area contributed by atoms with Crippen LogP contribution in [-0.2, 0) is 6.54 Å². The zero-order valence-electron chi connectivity index (χ0n) is 10.4. The first-order valence-electron chi connectivity index (χ1n) is 6.72. The number of hydrogen-bond donors (Lipinski definition) is 2. The third-order valence-corrected chi connectivity index (χ3v) is 4.35. The topological polar surface area (TPSA) is 68.0 Å². The first-order chi connectivity index (χ1) is 8.76. The Morgan fingerprint density at radius 2 is 2.28 bits per heavy atom. The highest BCUT2D eigenvalue weighted by atomic mass is 16.1. The van der Waals surface area contributed by atoms with Crippen LogP contribution in [0.25, 0.3) is 0 Å². The molecule has 4 nitrogen and oxygen atoms in total. The Kier molecular flexibility index (Phi) is 3.04. The molecule has 4 heteroatoms. The van der Waals surface area contributed by atoms with Crippen molar-refractivity contribution < 1.29 is 4.79 Å². The minimum Gasteiger partial charge on any atom is -0.348 e. The minimum atomic E-state index is -0.0453. The quantitative estimate of drug-likeness (QED) is 0.847. The van der Waals surface area contributed by atoms with Crippen LogP contribution in [-0.4, -0.2) is 16.9 Å². The Morgan fingerprint density at radius 1 is 1.39 bits per heavy atom. The molecule has 1 heterocycles. The molecule has 0 radical (unpaired) electrons. The third kappa shape index (κ3) is 2.12. The summed E-state index contributed by atoms with van der Waals surface area (Å²) in [6.07, 6.45) is 6.74. The SMILES string of the molecule is NCc1ccc(C(=O)NC2CC3CCC2C3)nc1. The van der Waals surface area contributed by atoms with Crippen LogP contribution in [0.1, 0.15) is 41.7 Å². The Bertz CT molecular complexity index is 443. The predicted octanol–water partition coefficient (Wildman–Crippen LogP) is 1.46. The molecule has 3 unspecified atom stereocenters. The number of pyridine rings is 1. The fourth-order valence-corrected chi connectivity index (χ4v) is 3.34. The number of nitrogens with zero attached hydrogens (tertiary/aromatic N) is 1. The summed E-state index contributed by atoms with van der Waals surface area (Å²) in [5.74, 6) is 1.49. The lowest BCUT2D eigenvalue weighted by atomic mass is 9.95. The summed E-state index contributed by atoms with van der Waals surface area (Å²) in [6.45, 7) is 0.460. The second-order valence-corrected chi connectivity index (χ2v) is 5.51.